The molecule has 0 amide bonds. The van der Waals surface area contributed by atoms with Crippen molar-refractivity contribution >= 4 is 17.4 Å². The Morgan fingerprint density at radius 1 is 1.44 bits per heavy atom. The predicted octanol–water partition coefficient (Wildman–Crippen LogP) is 2.03. The topological polar surface area (TPSA) is 50.3 Å². The minimum atomic E-state index is 0.294. The van der Waals surface area contributed by atoms with Crippen molar-refractivity contribution in [1.82, 2.24) is 14.9 Å². The van der Waals surface area contributed by atoms with Crippen LogP contribution in [-0.4, -0.2) is 47.7 Å². The van der Waals surface area contributed by atoms with E-state index in [1.165, 1.54) is 32.3 Å². The Morgan fingerprint density at radius 2 is 2.17 bits per heavy atom. The molecule has 18 heavy (non-hydrogen) atoms. The summed E-state index contributed by atoms with van der Waals surface area (Å²) in [5.74, 6) is 1.16. The molecular formula is C12H19ClN4O. The number of halogens is 1. The highest BCUT2D eigenvalue weighted by Gasteiger charge is 2.17. The summed E-state index contributed by atoms with van der Waals surface area (Å²) in [6.45, 7) is 5.51. The molecule has 5 nitrogen and oxygen atoms in total. The zero-order chi connectivity index (χ0) is 13.0. The minimum absolute atomic E-state index is 0.294. The Kier molecular flexibility index (Phi) is 4.60. The van der Waals surface area contributed by atoms with E-state index in [0.717, 1.165) is 6.54 Å². The molecule has 2 heterocycles. The number of likely N-dealkylation sites (tertiary alicyclic amines) is 1. The van der Waals surface area contributed by atoms with Gasteiger partial charge in [0.25, 0.3) is 0 Å². The Balaban J connectivity index is 1.97. The molecule has 1 unspecified atom stereocenters. The van der Waals surface area contributed by atoms with Gasteiger partial charge in [0.05, 0.1) is 7.11 Å². The molecule has 1 aromatic heterocycles. The van der Waals surface area contributed by atoms with Crippen LogP contribution >= 0.6 is 11.6 Å². The van der Waals surface area contributed by atoms with Gasteiger partial charge < -0.3 is 15.0 Å². The lowest BCUT2D eigenvalue weighted by atomic mass is 10.3. The largest absolute Gasteiger partial charge is 0.490 e. The van der Waals surface area contributed by atoms with Gasteiger partial charge in [0.1, 0.15) is 6.33 Å². The normalized spacial score (nSPS) is 17.7. The van der Waals surface area contributed by atoms with Crippen LogP contribution in [0, 0.1) is 0 Å². The van der Waals surface area contributed by atoms with Crippen LogP contribution in [0.3, 0.4) is 0 Å². The van der Waals surface area contributed by atoms with Crippen LogP contribution in [0.25, 0.3) is 0 Å². The van der Waals surface area contributed by atoms with Crippen LogP contribution < -0.4 is 10.1 Å². The summed E-state index contributed by atoms with van der Waals surface area (Å²) in [6, 6.07) is 0.294. The Morgan fingerprint density at radius 3 is 2.83 bits per heavy atom. The number of methoxy groups -OCH3 is 1. The molecule has 1 saturated heterocycles. The summed E-state index contributed by atoms with van der Waals surface area (Å²) in [5, 5.41) is 3.66. The van der Waals surface area contributed by atoms with Crippen molar-refractivity contribution in [3.63, 3.8) is 0 Å². The van der Waals surface area contributed by atoms with E-state index in [1.54, 1.807) is 7.11 Å². The molecule has 1 aliphatic rings. The van der Waals surface area contributed by atoms with Crippen LogP contribution in [0.1, 0.15) is 19.8 Å². The predicted molar refractivity (Wildman–Crippen MR) is 72.4 cm³/mol. The van der Waals surface area contributed by atoms with Crippen molar-refractivity contribution in [2.24, 2.45) is 0 Å². The van der Waals surface area contributed by atoms with Crippen molar-refractivity contribution in [3.05, 3.63) is 11.5 Å². The highest BCUT2D eigenvalue weighted by molar-refractivity contribution is 6.31. The van der Waals surface area contributed by atoms with Gasteiger partial charge in [0.2, 0.25) is 0 Å². The molecule has 0 bridgehead atoms. The lowest BCUT2D eigenvalue weighted by molar-refractivity contribution is 0.327. The minimum Gasteiger partial charge on any atom is -0.490 e. The van der Waals surface area contributed by atoms with E-state index in [0.29, 0.717) is 22.8 Å². The first kappa shape index (κ1) is 13.4. The number of nitrogens with zero attached hydrogens (tertiary/aromatic N) is 3. The third-order valence-corrected chi connectivity index (χ3v) is 3.35. The molecule has 2 rings (SSSR count). The van der Waals surface area contributed by atoms with Gasteiger partial charge in [-0.3, -0.25) is 0 Å². The molecule has 1 aliphatic heterocycles. The quantitative estimate of drug-likeness (QED) is 0.830. The van der Waals surface area contributed by atoms with Crippen LogP contribution in [0.4, 0.5) is 5.82 Å². The Hall–Kier alpha value is -1.07. The summed E-state index contributed by atoms with van der Waals surface area (Å²) in [5.41, 5.74) is 0. The second kappa shape index (κ2) is 6.20. The van der Waals surface area contributed by atoms with E-state index in [1.807, 2.05) is 0 Å². The summed E-state index contributed by atoms with van der Waals surface area (Å²) < 4.78 is 5.21. The first-order valence-corrected chi connectivity index (χ1v) is 6.62. The van der Waals surface area contributed by atoms with Crippen molar-refractivity contribution in [2.75, 3.05) is 32.1 Å². The van der Waals surface area contributed by atoms with Crippen LogP contribution in [0.2, 0.25) is 5.15 Å². The van der Waals surface area contributed by atoms with E-state index >= 15 is 0 Å². The number of nitrogens with one attached hydrogen (secondary N) is 1. The van der Waals surface area contributed by atoms with Gasteiger partial charge >= 0.3 is 0 Å². The third-order valence-electron chi connectivity index (χ3n) is 3.08. The zero-order valence-corrected chi connectivity index (χ0v) is 11.6. The van der Waals surface area contributed by atoms with Gasteiger partial charge in [-0.1, -0.05) is 11.6 Å². The molecule has 100 valence electrons. The highest BCUT2D eigenvalue weighted by Crippen LogP contribution is 2.28. The second-order valence-electron chi connectivity index (χ2n) is 4.60. The van der Waals surface area contributed by atoms with Crippen molar-refractivity contribution in [2.45, 2.75) is 25.8 Å². The first-order chi connectivity index (χ1) is 8.70. The summed E-state index contributed by atoms with van der Waals surface area (Å²) >= 11 is 5.96. The van der Waals surface area contributed by atoms with E-state index in [-0.39, 0.29) is 0 Å². The molecule has 0 spiro atoms. The molecular weight excluding hydrogens is 252 g/mol. The fourth-order valence-electron chi connectivity index (χ4n) is 2.27. The van der Waals surface area contributed by atoms with E-state index in [9.17, 15) is 0 Å². The second-order valence-corrected chi connectivity index (χ2v) is 4.96. The van der Waals surface area contributed by atoms with Gasteiger partial charge in [-0.05, 0) is 32.9 Å². The smallest absolute Gasteiger partial charge is 0.198 e. The van der Waals surface area contributed by atoms with Crippen molar-refractivity contribution in [3.8, 4) is 5.75 Å². The van der Waals surface area contributed by atoms with E-state index < -0.39 is 0 Å². The molecule has 1 N–H and O–H groups in total. The van der Waals surface area contributed by atoms with Gasteiger partial charge in [-0.15, -0.1) is 0 Å². The average molecular weight is 271 g/mol. The molecule has 0 radical (unpaired) electrons. The highest BCUT2D eigenvalue weighted by atomic mass is 35.5. The number of hydrogen-bond donors (Lipinski definition) is 1. The fourth-order valence-corrected chi connectivity index (χ4v) is 2.48. The fraction of sp³-hybridized carbons (Fsp3) is 0.667. The maximum absolute atomic E-state index is 5.96. The third kappa shape index (κ3) is 3.23. The molecule has 6 heteroatoms. The number of aromatic nitrogens is 2. The van der Waals surface area contributed by atoms with E-state index in [4.69, 9.17) is 16.3 Å². The maximum atomic E-state index is 5.96. The monoisotopic (exact) mass is 270 g/mol. The van der Waals surface area contributed by atoms with Crippen LogP contribution in [-0.2, 0) is 0 Å². The molecule has 1 aromatic rings. The number of anilines is 1. The summed E-state index contributed by atoms with van der Waals surface area (Å²) in [7, 11) is 1.57. The van der Waals surface area contributed by atoms with Crippen LogP contribution in [0.15, 0.2) is 6.33 Å². The van der Waals surface area contributed by atoms with E-state index in [2.05, 4.69) is 27.1 Å². The lowest BCUT2D eigenvalue weighted by Crippen LogP contribution is -2.33. The first-order valence-electron chi connectivity index (χ1n) is 6.24. The molecule has 1 fully saturated rings. The summed E-state index contributed by atoms with van der Waals surface area (Å²) in [4.78, 5) is 10.5. The molecule has 0 saturated carbocycles. The standard InChI is InChI=1S/C12H19ClN4O/c1-9(7-17-5-3-4-6-17)16-12-10(18-2)11(13)14-8-15-12/h8-9H,3-7H2,1-2H3,(H,14,15,16). The lowest BCUT2D eigenvalue weighted by Gasteiger charge is -2.22. The molecule has 0 aromatic carbocycles. The van der Waals surface area contributed by atoms with Gasteiger partial charge in [-0.2, -0.15) is 0 Å². The maximum Gasteiger partial charge on any atom is 0.198 e. The Bertz CT molecular complexity index is 396. The van der Waals surface area contributed by atoms with Gasteiger partial charge in [-0.25, -0.2) is 9.97 Å². The number of hydrogen-bond acceptors (Lipinski definition) is 5. The number of rotatable bonds is 5. The Labute approximate surface area is 113 Å². The van der Waals surface area contributed by atoms with Crippen molar-refractivity contribution < 1.29 is 4.74 Å². The van der Waals surface area contributed by atoms with Gasteiger partial charge in [0, 0.05) is 12.6 Å². The van der Waals surface area contributed by atoms with Crippen molar-refractivity contribution in [1.29, 1.82) is 0 Å². The van der Waals surface area contributed by atoms with Crippen LogP contribution in [0.5, 0.6) is 5.75 Å². The number of ether oxygens (including phenoxy) is 1. The van der Waals surface area contributed by atoms with Gasteiger partial charge in [0.15, 0.2) is 16.7 Å². The molecule has 0 aliphatic carbocycles. The molecule has 1 atom stereocenters. The zero-order valence-electron chi connectivity index (χ0n) is 10.8. The average Bonchev–Trinajstić information content (AvgIpc) is 2.82. The SMILES string of the molecule is COc1c(Cl)ncnc1NC(C)CN1CCCC1. The summed E-state index contributed by atoms with van der Waals surface area (Å²) in [6.07, 6.45) is 4.04.